The van der Waals surface area contributed by atoms with Crippen molar-refractivity contribution in [2.75, 3.05) is 31.0 Å². The molecule has 0 aromatic heterocycles. The first-order valence-corrected chi connectivity index (χ1v) is 12.8. The smallest absolute Gasteiger partial charge is 0.341 e. The summed E-state index contributed by atoms with van der Waals surface area (Å²) in [4.78, 5) is 27.3. The number of morpholine rings is 1. The number of sulfonamides is 1. The van der Waals surface area contributed by atoms with Crippen molar-refractivity contribution in [1.29, 1.82) is 0 Å². The molecule has 3 atom stereocenters. The molecular weight excluding hydrogens is 476 g/mol. The number of carbonyl (C=O) groups is 2. The molecule has 188 valence electrons. The second-order valence-electron chi connectivity index (χ2n) is 8.50. The number of benzene rings is 2. The van der Waals surface area contributed by atoms with Crippen molar-refractivity contribution in [1.82, 2.24) is 4.90 Å². The minimum atomic E-state index is -4.06. The molecule has 11 heteroatoms. The van der Waals surface area contributed by atoms with Crippen molar-refractivity contribution >= 4 is 27.6 Å². The third kappa shape index (κ3) is 5.68. The maximum absolute atomic E-state index is 13.0. The molecule has 0 radical (unpaired) electrons. The number of hydrogen-bond donors (Lipinski definition) is 1. The van der Waals surface area contributed by atoms with Gasteiger partial charge in [0.05, 0.1) is 28.4 Å². The quantitative estimate of drug-likeness (QED) is 0.596. The maximum atomic E-state index is 13.0. The van der Waals surface area contributed by atoms with Gasteiger partial charge in [-0.3, -0.25) is 9.52 Å². The molecule has 1 fully saturated rings. The second-order valence-corrected chi connectivity index (χ2v) is 10.2. The lowest BCUT2D eigenvalue weighted by Gasteiger charge is -2.36. The molecule has 2 aromatic rings. The van der Waals surface area contributed by atoms with Crippen molar-refractivity contribution in [3.05, 3.63) is 48.0 Å². The second kappa shape index (κ2) is 10.1. The molecule has 2 heterocycles. The number of esters is 1. The molecule has 2 aromatic carbocycles. The van der Waals surface area contributed by atoms with Crippen molar-refractivity contribution in [3.8, 4) is 11.5 Å². The molecule has 1 amide bonds. The number of amides is 1. The van der Waals surface area contributed by atoms with Gasteiger partial charge in [-0.1, -0.05) is 12.1 Å². The summed E-state index contributed by atoms with van der Waals surface area (Å²) in [6.07, 6.45) is -1.30. The Morgan fingerprint density at radius 2 is 1.69 bits per heavy atom. The lowest BCUT2D eigenvalue weighted by atomic mass is 10.2. The third-order valence-electron chi connectivity index (χ3n) is 5.58. The van der Waals surface area contributed by atoms with Gasteiger partial charge in [-0.15, -0.1) is 0 Å². The van der Waals surface area contributed by atoms with Crippen LogP contribution in [0.4, 0.5) is 5.69 Å². The highest BCUT2D eigenvalue weighted by molar-refractivity contribution is 7.92. The van der Waals surface area contributed by atoms with Crippen molar-refractivity contribution in [3.63, 3.8) is 0 Å². The summed E-state index contributed by atoms with van der Waals surface area (Å²) >= 11 is 0. The van der Waals surface area contributed by atoms with E-state index in [1.165, 1.54) is 37.3 Å². The minimum absolute atomic E-state index is 0.0167. The Kier molecular flexibility index (Phi) is 7.18. The van der Waals surface area contributed by atoms with Gasteiger partial charge < -0.3 is 23.8 Å². The van der Waals surface area contributed by atoms with Gasteiger partial charge in [0.25, 0.3) is 15.9 Å². The Hall–Kier alpha value is -3.31. The lowest BCUT2D eigenvalue weighted by molar-refractivity contribution is -0.151. The summed E-state index contributed by atoms with van der Waals surface area (Å²) in [6.45, 7) is 6.74. The molecule has 1 saturated heterocycles. The van der Waals surface area contributed by atoms with Crippen LogP contribution in [0.5, 0.6) is 11.5 Å². The highest BCUT2D eigenvalue weighted by atomic mass is 32.2. The first kappa shape index (κ1) is 24.8. The number of carbonyl (C=O) groups excluding carboxylic acids is 2. The molecule has 1 N–H and O–H groups in total. The SMILES string of the molecule is C[C@@H]1CN(C(=O)[C@@H](C)OC(=O)c2ccccc2NS(=O)(=O)c2ccc3c(c2)OCCO3)C[C@@H](C)O1. The largest absolute Gasteiger partial charge is 0.486 e. The number of fused-ring (bicyclic) bond motifs is 1. The van der Waals surface area contributed by atoms with Gasteiger partial charge in [0.2, 0.25) is 0 Å². The van der Waals surface area contributed by atoms with Crippen LogP contribution in [0, 0.1) is 0 Å². The number of para-hydroxylation sites is 1. The van der Waals surface area contributed by atoms with Gasteiger partial charge in [0, 0.05) is 19.2 Å². The lowest BCUT2D eigenvalue weighted by Crippen LogP contribution is -2.51. The van der Waals surface area contributed by atoms with Crippen LogP contribution < -0.4 is 14.2 Å². The molecule has 35 heavy (non-hydrogen) atoms. The summed E-state index contributed by atoms with van der Waals surface area (Å²) in [5.41, 5.74) is 0.0117. The number of anilines is 1. The van der Waals surface area contributed by atoms with Crippen molar-refractivity contribution in [2.45, 2.75) is 44.0 Å². The summed E-state index contributed by atoms with van der Waals surface area (Å²) < 4.78 is 50.4. The molecule has 0 aliphatic carbocycles. The average molecular weight is 505 g/mol. The van der Waals surface area contributed by atoms with Crippen LogP contribution >= 0.6 is 0 Å². The molecule has 4 rings (SSSR count). The Bertz CT molecular complexity index is 1210. The predicted octanol–water partition coefficient (Wildman–Crippen LogP) is 2.44. The number of nitrogens with one attached hydrogen (secondary N) is 1. The molecule has 2 aliphatic rings. The van der Waals surface area contributed by atoms with Gasteiger partial charge in [0.15, 0.2) is 17.6 Å². The molecule has 2 aliphatic heterocycles. The molecule has 0 spiro atoms. The summed E-state index contributed by atoms with van der Waals surface area (Å²) in [6, 6.07) is 10.3. The molecular formula is C24H28N2O8S. The summed E-state index contributed by atoms with van der Waals surface area (Å²) in [7, 11) is -4.06. The Labute approximate surface area is 204 Å². The Morgan fingerprint density at radius 3 is 2.40 bits per heavy atom. The first-order valence-electron chi connectivity index (χ1n) is 11.3. The van der Waals surface area contributed by atoms with Crippen LogP contribution in [-0.2, 0) is 24.3 Å². The van der Waals surface area contributed by atoms with Crippen LogP contribution in [-0.4, -0.2) is 69.8 Å². The predicted molar refractivity (Wildman–Crippen MR) is 126 cm³/mol. The van der Waals surface area contributed by atoms with Crippen molar-refractivity contribution < 1.29 is 37.0 Å². The normalized spacial score (nSPS) is 20.6. The monoisotopic (exact) mass is 504 g/mol. The van der Waals surface area contributed by atoms with E-state index in [2.05, 4.69) is 4.72 Å². The topological polar surface area (TPSA) is 120 Å². The number of nitrogens with zero attached hydrogens (tertiary/aromatic N) is 1. The van der Waals surface area contributed by atoms with E-state index in [1.807, 2.05) is 13.8 Å². The Morgan fingerprint density at radius 1 is 1.03 bits per heavy atom. The van der Waals surface area contributed by atoms with Crippen LogP contribution in [0.3, 0.4) is 0 Å². The van der Waals surface area contributed by atoms with Gasteiger partial charge >= 0.3 is 5.97 Å². The zero-order valence-corrected chi connectivity index (χ0v) is 20.5. The van der Waals surface area contributed by atoms with E-state index in [-0.39, 0.29) is 34.3 Å². The zero-order chi connectivity index (χ0) is 25.2. The Balaban J connectivity index is 1.48. The van der Waals surface area contributed by atoms with E-state index >= 15 is 0 Å². The number of hydrogen-bond acceptors (Lipinski definition) is 8. The first-order chi connectivity index (χ1) is 16.6. The van der Waals surface area contributed by atoms with E-state index in [1.54, 1.807) is 17.0 Å². The highest BCUT2D eigenvalue weighted by Gasteiger charge is 2.31. The minimum Gasteiger partial charge on any atom is -0.486 e. The van der Waals surface area contributed by atoms with Crippen molar-refractivity contribution in [2.24, 2.45) is 0 Å². The fourth-order valence-corrected chi connectivity index (χ4v) is 5.13. The maximum Gasteiger partial charge on any atom is 0.341 e. The van der Waals surface area contributed by atoms with E-state index < -0.39 is 22.1 Å². The molecule has 0 unspecified atom stereocenters. The molecule has 0 bridgehead atoms. The van der Waals surface area contributed by atoms with E-state index in [9.17, 15) is 18.0 Å². The van der Waals surface area contributed by atoms with Gasteiger partial charge in [-0.05, 0) is 45.0 Å². The van der Waals surface area contributed by atoms with Gasteiger partial charge in [-0.25, -0.2) is 13.2 Å². The van der Waals surface area contributed by atoms with Crippen LogP contribution in [0.15, 0.2) is 47.4 Å². The van der Waals surface area contributed by atoms with E-state index in [0.717, 1.165) is 0 Å². The third-order valence-corrected chi connectivity index (χ3v) is 6.94. The van der Waals surface area contributed by atoms with Gasteiger partial charge in [-0.2, -0.15) is 0 Å². The van der Waals surface area contributed by atoms with Crippen LogP contribution in [0.1, 0.15) is 31.1 Å². The standard InChI is InChI=1S/C24H28N2O8S/c1-15-13-26(14-16(2)33-15)23(27)17(3)34-24(28)19-6-4-5-7-20(19)25-35(29,30)18-8-9-21-22(12-18)32-11-10-31-21/h4-9,12,15-17,25H,10-11,13-14H2,1-3H3/t15-,16-,17-/m1/s1. The fourth-order valence-electron chi connectivity index (χ4n) is 4.03. The van der Waals surface area contributed by atoms with E-state index in [4.69, 9.17) is 18.9 Å². The number of ether oxygens (including phenoxy) is 4. The molecule has 10 nitrogen and oxygen atoms in total. The number of rotatable bonds is 6. The molecule has 0 saturated carbocycles. The zero-order valence-electron chi connectivity index (χ0n) is 19.7. The fraction of sp³-hybridized carbons (Fsp3) is 0.417. The van der Waals surface area contributed by atoms with Crippen LogP contribution in [0.25, 0.3) is 0 Å². The summed E-state index contributed by atoms with van der Waals surface area (Å²) in [5, 5.41) is 0. The van der Waals surface area contributed by atoms with Crippen LogP contribution in [0.2, 0.25) is 0 Å². The average Bonchev–Trinajstić information content (AvgIpc) is 2.82. The summed E-state index contributed by atoms with van der Waals surface area (Å²) in [5.74, 6) is -0.372. The van der Waals surface area contributed by atoms with Gasteiger partial charge in [0.1, 0.15) is 13.2 Å². The highest BCUT2D eigenvalue weighted by Crippen LogP contribution is 2.33. The van der Waals surface area contributed by atoms with E-state index in [0.29, 0.717) is 37.8 Å².